The molecule has 0 bridgehead atoms. The number of aryl methyl sites for hydroxylation is 3. The summed E-state index contributed by atoms with van der Waals surface area (Å²) in [6, 6.07) is 19.9. The van der Waals surface area contributed by atoms with Gasteiger partial charge in [-0.15, -0.1) is 0 Å². The third kappa shape index (κ3) is 4.99. The summed E-state index contributed by atoms with van der Waals surface area (Å²) >= 11 is 0. The lowest BCUT2D eigenvalue weighted by atomic mass is 10.1. The van der Waals surface area contributed by atoms with E-state index in [-0.39, 0.29) is 11.8 Å². The number of carbonyl (C=O) groups excluding carboxylic acids is 1. The number of carbonyl (C=O) groups is 1. The molecule has 7 heteroatoms. The van der Waals surface area contributed by atoms with Crippen LogP contribution < -0.4 is 19.1 Å². The van der Waals surface area contributed by atoms with Crippen LogP contribution in [0, 0.1) is 13.8 Å². The standard InChI is InChI=1S/C30H33N3O4/c1-20-10-11-21(2)28(16-20)37-15-7-14-32-25-9-6-5-8-24(25)31-30(32)22-17-29(34)33(19-22)26-18-23(35-3)12-13-27(26)36-4/h5-6,8-13,16,18,22H,7,14-15,17,19H2,1-4H3. The second-order valence-electron chi connectivity index (χ2n) is 9.52. The number of nitrogens with zero attached hydrogens (tertiary/aromatic N) is 3. The van der Waals surface area contributed by atoms with Gasteiger partial charge in [0.15, 0.2) is 0 Å². The van der Waals surface area contributed by atoms with E-state index in [0.29, 0.717) is 31.1 Å². The molecule has 0 N–H and O–H groups in total. The molecule has 0 spiro atoms. The topological polar surface area (TPSA) is 65.8 Å². The molecular weight excluding hydrogens is 466 g/mol. The van der Waals surface area contributed by atoms with E-state index in [1.54, 1.807) is 19.1 Å². The molecule has 1 unspecified atom stereocenters. The Kier molecular flexibility index (Phi) is 7.04. The number of para-hydroxylation sites is 2. The molecule has 0 aliphatic carbocycles. The van der Waals surface area contributed by atoms with Crippen molar-refractivity contribution in [3.05, 3.63) is 77.6 Å². The Morgan fingerprint density at radius 3 is 2.62 bits per heavy atom. The predicted molar refractivity (Wildman–Crippen MR) is 145 cm³/mol. The fourth-order valence-electron chi connectivity index (χ4n) is 5.03. The van der Waals surface area contributed by atoms with E-state index in [1.165, 1.54) is 5.56 Å². The average Bonchev–Trinajstić information content (AvgIpc) is 3.48. The zero-order valence-corrected chi connectivity index (χ0v) is 21.9. The summed E-state index contributed by atoms with van der Waals surface area (Å²) in [5, 5.41) is 0. The van der Waals surface area contributed by atoms with E-state index >= 15 is 0 Å². The first-order valence-electron chi connectivity index (χ1n) is 12.7. The van der Waals surface area contributed by atoms with E-state index in [9.17, 15) is 4.79 Å². The molecule has 1 aliphatic heterocycles. The summed E-state index contributed by atoms with van der Waals surface area (Å²) in [5.41, 5.74) is 5.06. The van der Waals surface area contributed by atoms with E-state index in [2.05, 4.69) is 42.7 Å². The first kappa shape index (κ1) is 24.7. The summed E-state index contributed by atoms with van der Waals surface area (Å²) in [6.45, 7) is 6.03. The summed E-state index contributed by atoms with van der Waals surface area (Å²) in [7, 11) is 3.23. The Bertz CT molecular complexity index is 1430. The summed E-state index contributed by atoms with van der Waals surface area (Å²) in [6.07, 6.45) is 1.22. The molecule has 1 aliphatic rings. The number of fused-ring (bicyclic) bond motifs is 1. The molecule has 0 radical (unpaired) electrons. The number of aromatic nitrogens is 2. The fourth-order valence-corrected chi connectivity index (χ4v) is 5.03. The number of rotatable bonds is 9. The number of imidazole rings is 1. The molecule has 1 amide bonds. The molecule has 0 saturated carbocycles. The third-order valence-electron chi connectivity index (χ3n) is 6.98. The summed E-state index contributed by atoms with van der Waals surface area (Å²) < 4.78 is 19.3. The molecule has 5 rings (SSSR count). The minimum Gasteiger partial charge on any atom is -0.497 e. The van der Waals surface area contributed by atoms with Crippen molar-refractivity contribution in [2.24, 2.45) is 0 Å². The van der Waals surface area contributed by atoms with Gasteiger partial charge in [0.2, 0.25) is 5.91 Å². The van der Waals surface area contributed by atoms with Gasteiger partial charge < -0.3 is 23.7 Å². The van der Waals surface area contributed by atoms with Crippen molar-refractivity contribution >= 4 is 22.6 Å². The number of hydrogen-bond donors (Lipinski definition) is 0. The Labute approximate surface area is 217 Å². The number of hydrogen-bond acceptors (Lipinski definition) is 5. The summed E-state index contributed by atoms with van der Waals surface area (Å²) in [5.74, 6) is 3.21. The van der Waals surface area contributed by atoms with Crippen LogP contribution in [0.4, 0.5) is 5.69 Å². The predicted octanol–water partition coefficient (Wildman–Crippen LogP) is 5.66. The fraction of sp³-hybridized carbons (Fsp3) is 0.333. The number of ether oxygens (including phenoxy) is 3. The van der Waals surface area contributed by atoms with Crippen molar-refractivity contribution in [1.29, 1.82) is 0 Å². The second kappa shape index (κ2) is 10.5. The lowest BCUT2D eigenvalue weighted by molar-refractivity contribution is -0.117. The highest BCUT2D eigenvalue weighted by atomic mass is 16.5. The first-order valence-corrected chi connectivity index (χ1v) is 12.7. The van der Waals surface area contributed by atoms with Crippen LogP contribution in [0.15, 0.2) is 60.7 Å². The Morgan fingerprint density at radius 2 is 1.81 bits per heavy atom. The Morgan fingerprint density at radius 1 is 0.973 bits per heavy atom. The molecule has 7 nitrogen and oxygen atoms in total. The van der Waals surface area contributed by atoms with Crippen molar-refractivity contribution in [2.75, 3.05) is 32.3 Å². The zero-order valence-electron chi connectivity index (χ0n) is 21.9. The van der Waals surface area contributed by atoms with Crippen LogP contribution in [0.3, 0.4) is 0 Å². The van der Waals surface area contributed by atoms with Gasteiger partial charge in [-0.25, -0.2) is 4.98 Å². The van der Waals surface area contributed by atoms with Gasteiger partial charge in [0, 0.05) is 31.5 Å². The van der Waals surface area contributed by atoms with Crippen molar-refractivity contribution in [3.63, 3.8) is 0 Å². The minimum absolute atomic E-state index is 0.0317. The largest absolute Gasteiger partial charge is 0.497 e. The van der Waals surface area contributed by atoms with Crippen LogP contribution in [0.5, 0.6) is 17.2 Å². The molecule has 4 aromatic rings. The van der Waals surface area contributed by atoms with E-state index in [1.807, 2.05) is 36.4 Å². The lowest BCUT2D eigenvalue weighted by Crippen LogP contribution is -2.25. The number of anilines is 1. The van der Waals surface area contributed by atoms with Gasteiger partial charge in [-0.1, -0.05) is 24.3 Å². The average molecular weight is 500 g/mol. The van der Waals surface area contributed by atoms with Gasteiger partial charge in [0.1, 0.15) is 23.1 Å². The maximum absolute atomic E-state index is 13.2. The molecule has 1 aromatic heterocycles. The molecule has 192 valence electrons. The van der Waals surface area contributed by atoms with Crippen LogP contribution in [-0.2, 0) is 11.3 Å². The molecule has 1 saturated heterocycles. The van der Waals surface area contributed by atoms with Gasteiger partial charge in [-0.2, -0.15) is 0 Å². The Hall–Kier alpha value is -4.00. The normalized spacial score (nSPS) is 15.4. The minimum atomic E-state index is -0.0317. The van der Waals surface area contributed by atoms with Crippen molar-refractivity contribution in [1.82, 2.24) is 9.55 Å². The molecular formula is C30H33N3O4. The van der Waals surface area contributed by atoms with Gasteiger partial charge in [0.05, 0.1) is 37.5 Å². The highest BCUT2D eigenvalue weighted by molar-refractivity contribution is 5.98. The highest BCUT2D eigenvalue weighted by Crippen LogP contribution is 2.39. The van der Waals surface area contributed by atoms with Crippen LogP contribution in [0.25, 0.3) is 11.0 Å². The molecule has 37 heavy (non-hydrogen) atoms. The molecule has 1 fully saturated rings. The van der Waals surface area contributed by atoms with E-state index in [4.69, 9.17) is 19.2 Å². The van der Waals surface area contributed by atoms with E-state index in [0.717, 1.165) is 46.8 Å². The monoisotopic (exact) mass is 499 g/mol. The third-order valence-corrected chi connectivity index (χ3v) is 6.98. The second-order valence-corrected chi connectivity index (χ2v) is 9.52. The number of amides is 1. The van der Waals surface area contributed by atoms with Crippen molar-refractivity contribution in [2.45, 2.75) is 39.2 Å². The zero-order chi connectivity index (χ0) is 25.9. The number of methoxy groups -OCH3 is 2. The van der Waals surface area contributed by atoms with Crippen LogP contribution in [0.2, 0.25) is 0 Å². The lowest BCUT2D eigenvalue weighted by Gasteiger charge is -2.20. The van der Waals surface area contributed by atoms with Crippen LogP contribution >= 0.6 is 0 Å². The van der Waals surface area contributed by atoms with Gasteiger partial charge in [0.25, 0.3) is 0 Å². The Balaban J connectivity index is 1.37. The quantitative estimate of drug-likeness (QED) is 0.278. The SMILES string of the molecule is COc1ccc(OC)c(N2CC(c3nc4ccccc4n3CCCOc3cc(C)ccc3C)CC2=O)c1. The smallest absolute Gasteiger partial charge is 0.227 e. The highest BCUT2D eigenvalue weighted by Gasteiger charge is 2.36. The van der Waals surface area contributed by atoms with Crippen molar-refractivity contribution < 1.29 is 19.0 Å². The maximum atomic E-state index is 13.2. The van der Waals surface area contributed by atoms with Crippen molar-refractivity contribution in [3.8, 4) is 17.2 Å². The van der Waals surface area contributed by atoms with Gasteiger partial charge in [-0.05, 0) is 61.7 Å². The number of benzene rings is 3. The van der Waals surface area contributed by atoms with Gasteiger partial charge >= 0.3 is 0 Å². The van der Waals surface area contributed by atoms with Crippen LogP contribution in [-0.4, -0.2) is 42.8 Å². The molecule has 2 heterocycles. The first-order chi connectivity index (χ1) is 18.0. The van der Waals surface area contributed by atoms with Crippen LogP contribution in [0.1, 0.15) is 35.7 Å². The molecule has 1 atom stereocenters. The summed E-state index contributed by atoms with van der Waals surface area (Å²) in [4.78, 5) is 20.0. The van der Waals surface area contributed by atoms with Gasteiger partial charge in [-0.3, -0.25) is 4.79 Å². The van der Waals surface area contributed by atoms with E-state index < -0.39 is 0 Å². The maximum Gasteiger partial charge on any atom is 0.227 e. The molecule has 3 aromatic carbocycles.